The Bertz CT molecular complexity index is 999. The molecule has 0 radical (unpaired) electrons. The van der Waals surface area contributed by atoms with Crippen LogP contribution in [-0.2, 0) is 24.2 Å². The number of carbonyl (C=O) groups is 1. The lowest BCUT2D eigenvalue weighted by atomic mass is 10.0. The molecule has 5 heteroatoms. The van der Waals surface area contributed by atoms with Gasteiger partial charge in [0.25, 0.3) is 0 Å². The van der Waals surface area contributed by atoms with Crippen molar-refractivity contribution in [2.75, 3.05) is 13.7 Å². The average molecular weight is 373 g/mol. The standard InChI is InChI=1S/C23H23N3O2/c1-16-6-8-18(9-7-16)22-24-13-20-10-11-26(15-21(20)25-22)14-17-4-3-5-19(12-17)23(27)28-2/h3-9,12-13H,10-11,14-15H2,1-2H3. The number of benzene rings is 2. The number of carbonyl (C=O) groups excluding carboxylic acids is 1. The number of nitrogens with zero attached hydrogens (tertiary/aromatic N) is 3. The Hall–Kier alpha value is -3.05. The maximum atomic E-state index is 11.8. The number of hydrogen-bond acceptors (Lipinski definition) is 5. The molecule has 1 aliphatic rings. The Labute approximate surface area is 165 Å². The van der Waals surface area contributed by atoms with Crippen LogP contribution in [0.3, 0.4) is 0 Å². The van der Waals surface area contributed by atoms with Gasteiger partial charge in [0.05, 0.1) is 18.4 Å². The van der Waals surface area contributed by atoms with Crippen LogP contribution in [0.2, 0.25) is 0 Å². The zero-order valence-corrected chi connectivity index (χ0v) is 16.2. The van der Waals surface area contributed by atoms with Crippen molar-refractivity contribution in [3.05, 3.63) is 82.7 Å². The van der Waals surface area contributed by atoms with Gasteiger partial charge in [-0.15, -0.1) is 0 Å². The SMILES string of the molecule is COC(=O)c1cccc(CN2CCc3cnc(-c4ccc(C)cc4)nc3C2)c1. The number of aromatic nitrogens is 2. The van der Waals surface area contributed by atoms with Gasteiger partial charge in [0.15, 0.2) is 5.82 Å². The van der Waals surface area contributed by atoms with Crippen molar-refractivity contribution in [3.63, 3.8) is 0 Å². The molecule has 0 bridgehead atoms. The molecular formula is C23H23N3O2. The molecule has 4 rings (SSSR count). The molecule has 0 spiro atoms. The lowest BCUT2D eigenvalue weighted by Gasteiger charge is -2.28. The predicted octanol–water partition coefficient (Wildman–Crippen LogP) is 3.80. The average Bonchev–Trinajstić information content (AvgIpc) is 2.73. The van der Waals surface area contributed by atoms with Crippen LogP contribution in [0.5, 0.6) is 0 Å². The van der Waals surface area contributed by atoms with Crippen molar-refractivity contribution in [2.45, 2.75) is 26.4 Å². The summed E-state index contributed by atoms with van der Waals surface area (Å²) in [5.74, 6) is 0.467. The van der Waals surface area contributed by atoms with Crippen molar-refractivity contribution in [3.8, 4) is 11.4 Å². The Morgan fingerprint density at radius 2 is 2.00 bits per heavy atom. The largest absolute Gasteiger partial charge is 0.465 e. The second-order valence-corrected chi connectivity index (χ2v) is 7.18. The van der Waals surface area contributed by atoms with Crippen LogP contribution < -0.4 is 0 Å². The zero-order chi connectivity index (χ0) is 19.5. The first-order chi connectivity index (χ1) is 13.6. The molecule has 28 heavy (non-hydrogen) atoms. The molecule has 0 saturated heterocycles. The molecule has 3 aromatic rings. The number of hydrogen-bond donors (Lipinski definition) is 0. The molecule has 0 fully saturated rings. The summed E-state index contributed by atoms with van der Waals surface area (Å²) in [5.41, 5.74) is 6.25. The summed E-state index contributed by atoms with van der Waals surface area (Å²) in [4.78, 5) is 23.5. The minimum atomic E-state index is -0.304. The van der Waals surface area contributed by atoms with Crippen LogP contribution in [0.4, 0.5) is 0 Å². The maximum Gasteiger partial charge on any atom is 0.337 e. The topological polar surface area (TPSA) is 55.3 Å². The fourth-order valence-corrected chi connectivity index (χ4v) is 3.51. The lowest BCUT2D eigenvalue weighted by Crippen LogP contribution is -2.31. The Morgan fingerprint density at radius 3 is 2.79 bits per heavy atom. The second-order valence-electron chi connectivity index (χ2n) is 7.18. The van der Waals surface area contributed by atoms with E-state index >= 15 is 0 Å². The highest BCUT2D eigenvalue weighted by molar-refractivity contribution is 5.89. The molecule has 5 nitrogen and oxygen atoms in total. The van der Waals surface area contributed by atoms with Crippen LogP contribution in [0.15, 0.2) is 54.7 Å². The first kappa shape index (κ1) is 18.3. The second kappa shape index (κ2) is 7.90. The van der Waals surface area contributed by atoms with E-state index in [-0.39, 0.29) is 5.97 Å². The molecule has 1 aromatic heterocycles. The highest BCUT2D eigenvalue weighted by Crippen LogP contribution is 2.22. The smallest absolute Gasteiger partial charge is 0.337 e. The van der Waals surface area contributed by atoms with E-state index in [0.717, 1.165) is 48.7 Å². The fraction of sp³-hybridized carbons (Fsp3) is 0.261. The van der Waals surface area contributed by atoms with Crippen molar-refractivity contribution in [1.82, 2.24) is 14.9 Å². The molecule has 0 saturated carbocycles. The minimum Gasteiger partial charge on any atom is -0.465 e. The quantitative estimate of drug-likeness (QED) is 0.651. The van der Waals surface area contributed by atoms with E-state index in [1.807, 2.05) is 24.4 Å². The molecule has 0 amide bonds. The van der Waals surface area contributed by atoms with E-state index in [1.165, 1.54) is 18.2 Å². The van der Waals surface area contributed by atoms with Crippen molar-refractivity contribution in [2.24, 2.45) is 0 Å². The van der Waals surface area contributed by atoms with E-state index in [2.05, 4.69) is 41.1 Å². The van der Waals surface area contributed by atoms with Crippen molar-refractivity contribution < 1.29 is 9.53 Å². The number of methoxy groups -OCH3 is 1. The van der Waals surface area contributed by atoms with Crippen LogP contribution in [0, 0.1) is 6.92 Å². The van der Waals surface area contributed by atoms with Crippen molar-refractivity contribution >= 4 is 5.97 Å². The van der Waals surface area contributed by atoms with E-state index in [9.17, 15) is 4.79 Å². The molecule has 0 unspecified atom stereocenters. The van der Waals surface area contributed by atoms with Gasteiger partial charge in [-0.25, -0.2) is 14.8 Å². The number of esters is 1. The molecule has 2 heterocycles. The Morgan fingerprint density at radius 1 is 1.18 bits per heavy atom. The van der Waals surface area contributed by atoms with Gasteiger partial charge in [-0.05, 0) is 36.6 Å². The summed E-state index contributed by atoms with van der Waals surface area (Å²) >= 11 is 0. The normalized spacial score (nSPS) is 13.8. The van der Waals surface area contributed by atoms with Crippen LogP contribution in [0.1, 0.15) is 32.7 Å². The number of fused-ring (bicyclic) bond motifs is 1. The third-order valence-electron chi connectivity index (χ3n) is 5.09. The van der Waals surface area contributed by atoms with E-state index in [4.69, 9.17) is 9.72 Å². The third-order valence-corrected chi connectivity index (χ3v) is 5.09. The first-order valence-electron chi connectivity index (χ1n) is 9.44. The highest BCUT2D eigenvalue weighted by Gasteiger charge is 2.19. The van der Waals surface area contributed by atoms with Gasteiger partial charge in [-0.2, -0.15) is 0 Å². The minimum absolute atomic E-state index is 0.304. The summed E-state index contributed by atoms with van der Waals surface area (Å²) in [6.45, 7) is 4.57. The van der Waals surface area contributed by atoms with Gasteiger partial charge in [0.1, 0.15) is 0 Å². The number of rotatable bonds is 4. The molecule has 0 aliphatic carbocycles. The van der Waals surface area contributed by atoms with E-state index in [1.54, 1.807) is 6.07 Å². The summed E-state index contributed by atoms with van der Waals surface area (Å²) in [7, 11) is 1.40. The monoisotopic (exact) mass is 373 g/mol. The van der Waals surface area contributed by atoms with Gasteiger partial charge in [-0.1, -0.05) is 42.0 Å². The summed E-state index contributed by atoms with van der Waals surface area (Å²) in [6, 6.07) is 15.9. The maximum absolute atomic E-state index is 11.8. The first-order valence-corrected chi connectivity index (χ1v) is 9.44. The van der Waals surface area contributed by atoms with Crippen LogP contribution in [0.25, 0.3) is 11.4 Å². The van der Waals surface area contributed by atoms with Gasteiger partial charge in [0.2, 0.25) is 0 Å². The summed E-state index contributed by atoms with van der Waals surface area (Å²) < 4.78 is 4.82. The van der Waals surface area contributed by atoms with Crippen LogP contribution in [-0.4, -0.2) is 34.5 Å². The summed E-state index contributed by atoms with van der Waals surface area (Å²) in [6.07, 6.45) is 2.90. The lowest BCUT2D eigenvalue weighted by molar-refractivity contribution is 0.0600. The Balaban J connectivity index is 1.52. The van der Waals surface area contributed by atoms with Gasteiger partial charge in [-0.3, -0.25) is 4.90 Å². The highest BCUT2D eigenvalue weighted by atomic mass is 16.5. The van der Waals surface area contributed by atoms with Gasteiger partial charge >= 0.3 is 5.97 Å². The van der Waals surface area contributed by atoms with Crippen molar-refractivity contribution in [1.29, 1.82) is 0 Å². The number of aryl methyl sites for hydroxylation is 1. The molecule has 2 aromatic carbocycles. The molecule has 0 N–H and O–H groups in total. The summed E-state index contributed by atoms with van der Waals surface area (Å²) in [5, 5.41) is 0. The van der Waals surface area contributed by atoms with Gasteiger partial charge < -0.3 is 4.74 Å². The number of ether oxygens (including phenoxy) is 1. The molecule has 0 atom stereocenters. The zero-order valence-electron chi connectivity index (χ0n) is 16.2. The fourth-order valence-electron chi connectivity index (χ4n) is 3.51. The molecule has 142 valence electrons. The van der Waals surface area contributed by atoms with Crippen LogP contribution >= 0.6 is 0 Å². The van der Waals surface area contributed by atoms with Gasteiger partial charge in [0, 0.05) is 31.4 Å². The Kier molecular flexibility index (Phi) is 5.17. The third kappa shape index (κ3) is 3.94. The predicted molar refractivity (Wildman–Crippen MR) is 108 cm³/mol. The molecule has 1 aliphatic heterocycles. The van der Waals surface area contributed by atoms with E-state index < -0.39 is 0 Å². The molecular weight excluding hydrogens is 350 g/mol. The van der Waals surface area contributed by atoms with E-state index in [0.29, 0.717) is 5.56 Å².